The zero-order valence-corrected chi connectivity index (χ0v) is 12.6. The molecule has 0 unspecified atom stereocenters. The Morgan fingerprint density at radius 3 is 2.38 bits per heavy atom. The van der Waals surface area contributed by atoms with Gasteiger partial charge < -0.3 is 10.1 Å². The van der Waals surface area contributed by atoms with Gasteiger partial charge in [-0.1, -0.05) is 32.9 Å². The average Bonchev–Trinajstić information content (AvgIpc) is 2.46. The predicted octanol–water partition coefficient (Wildman–Crippen LogP) is 4.11. The fraction of sp³-hybridized carbons (Fsp3) is 0.294. The van der Waals surface area contributed by atoms with Crippen molar-refractivity contribution in [3.8, 4) is 17.7 Å². The fourth-order valence-electron chi connectivity index (χ4n) is 1.83. The van der Waals surface area contributed by atoms with Crippen molar-refractivity contribution >= 4 is 5.69 Å². The molecule has 108 valence electrons. The topological polar surface area (TPSA) is 57.9 Å². The van der Waals surface area contributed by atoms with E-state index in [9.17, 15) is 0 Å². The molecule has 4 heteroatoms. The van der Waals surface area contributed by atoms with Crippen LogP contribution in [0.4, 0.5) is 5.69 Å². The summed E-state index contributed by atoms with van der Waals surface area (Å²) in [5.74, 6) is 1.29. The van der Waals surface area contributed by atoms with Crippen molar-refractivity contribution in [2.75, 3.05) is 11.9 Å². The minimum Gasteiger partial charge on any atom is -0.439 e. The van der Waals surface area contributed by atoms with Crippen LogP contribution in [0.5, 0.6) is 11.6 Å². The van der Waals surface area contributed by atoms with Crippen LogP contribution in [-0.4, -0.2) is 11.5 Å². The second kappa shape index (κ2) is 6.27. The summed E-state index contributed by atoms with van der Waals surface area (Å²) < 4.78 is 5.70. The summed E-state index contributed by atoms with van der Waals surface area (Å²) in [5, 5.41) is 11.4. The van der Waals surface area contributed by atoms with Crippen molar-refractivity contribution in [3.63, 3.8) is 0 Å². The molecule has 0 atom stereocenters. The van der Waals surface area contributed by atoms with Gasteiger partial charge in [-0.3, -0.25) is 0 Å². The lowest BCUT2D eigenvalue weighted by Gasteiger charge is -2.19. The average molecular weight is 281 g/mol. The first-order valence-electron chi connectivity index (χ1n) is 6.84. The molecule has 2 rings (SSSR count). The van der Waals surface area contributed by atoms with Gasteiger partial charge in [0, 0.05) is 6.07 Å². The number of aromatic nitrogens is 1. The maximum Gasteiger partial charge on any atom is 0.219 e. The van der Waals surface area contributed by atoms with Crippen molar-refractivity contribution in [2.24, 2.45) is 0 Å². The molecule has 0 bridgehead atoms. The Morgan fingerprint density at radius 2 is 1.86 bits per heavy atom. The van der Waals surface area contributed by atoms with Crippen LogP contribution in [0.15, 0.2) is 42.6 Å². The van der Waals surface area contributed by atoms with Gasteiger partial charge in [0.05, 0.1) is 18.0 Å². The summed E-state index contributed by atoms with van der Waals surface area (Å²) in [7, 11) is 0. The number of rotatable bonds is 4. The summed E-state index contributed by atoms with van der Waals surface area (Å²) in [6.45, 7) is 6.79. The van der Waals surface area contributed by atoms with Crippen molar-refractivity contribution < 1.29 is 4.74 Å². The Balaban J connectivity index is 2.03. The molecule has 0 saturated carbocycles. The lowest BCUT2D eigenvalue weighted by Crippen LogP contribution is -2.10. The maximum absolute atomic E-state index is 8.50. The Bertz CT molecular complexity index is 619. The molecule has 1 aromatic carbocycles. The molecule has 0 aliphatic rings. The summed E-state index contributed by atoms with van der Waals surface area (Å²) in [6, 6.07) is 13.7. The highest BCUT2D eigenvalue weighted by atomic mass is 16.5. The largest absolute Gasteiger partial charge is 0.439 e. The van der Waals surface area contributed by atoms with E-state index in [2.05, 4.69) is 43.2 Å². The van der Waals surface area contributed by atoms with Crippen LogP contribution < -0.4 is 10.1 Å². The standard InChI is InChI=1S/C17H19N3O/c1-17(2,3)13-4-7-15(8-5-13)21-16-9-6-14(12-20-16)19-11-10-18/h4-9,12,19H,11H2,1-3H3. The maximum atomic E-state index is 8.50. The zero-order chi connectivity index (χ0) is 15.3. The number of nitrogens with one attached hydrogen (secondary N) is 1. The third-order valence-corrected chi connectivity index (χ3v) is 3.05. The van der Waals surface area contributed by atoms with Gasteiger partial charge in [0.15, 0.2) is 0 Å². The number of hydrogen-bond acceptors (Lipinski definition) is 4. The zero-order valence-electron chi connectivity index (χ0n) is 12.6. The van der Waals surface area contributed by atoms with Gasteiger partial charge in [-0.2, -0.15) is 5.26 Å². The van der Waals surface area contributed by atoms with E-state index in [4.69, 9.17) is 10.00 Å². The highest BCUT2D eigenvalue weighted by Gasteiger charge is 2.13. The first-order chi connectivity index (χ1) is 9.99. The Kier molecular flexibility index (Phi) is 4.44. The Labute approximate surface area is 125 Å². The molecule has 0 amide bonds. The molecule has 1 heterocycles. The van der Waals surface area contributed by atoms with Crippen molar-refractivity contribution in [1.29, 1.82) is 5.26 Å². The smallest absolute Gasteiger partial charge is 0.219 e. The van der Waals surface area contributed by atoms with E-state index in [1.807, 2.05) is 24.3 Å². The molecular weight excluding hydrogens is 262 g/mol. The number of ether oxygens (including phenoxy) is 1. The van der Waals surface area contributed by atoms with E-state index in [1.165, 1.54) is 5.56 Å². The van der Waals surface area contributed by atoms with Crippen molar-refractivity contribution in [1.82, 2.24) is 4.98 Å². The van der Waals surface area contributed by atoms with E-state index in [-0.39, 0.29) is 12.0 Å². The van der Waals surface area contributed by atoms with Crippen LogP contribution in [0.1, 0.15) is 26.3 Å². The lowest BCUT2D eigenvalue weighted by atomic mass is 9.87. The highest BCUT2D eigenvalue weighted by molar-refractivity contribution is 5.43. The van der Waals surface area contributed by atoms with Gasteiger partial charge in [-0.25, -0.2) is 4.98 Å². The molecule has 0 spiro atoms. The third-order valence-electron chi connectivity index (χ3n) is 3.05. The number of hydrogen-bond donors (Lipinski definition) is 1. The van der Waals surface area contributed by atoms with Crippen LogP contribution in [0, 0.1) is 11.3 Å². The van der Waals surface area contributed by atoms with Gasteiger partial charge in [-0.15, -0.1) is 0 Å². The van der Waals surface area contributed by atoms with Gasteiger partial charge in [0.1, 0.15) is 12.3 Å². The molecule has 1 aromatic heterocycles. The molecule has 0 radical (unpaired) electrons. The summed E-state index contributed by atoms with van der Waals surface area (Å²) in [5.41, 5.74) is 2.19. The van der Waals surface area contributed by atoms with Gasteiger partial charge >= 0.3 is 0 Å². The van der Waals surface area contributed by atoms with Crippen LogP contribution in [-0.2, 0) is 5.41 Å². The van der Waals surface area contributed by atoms with Crippen LogP contribution >= 0.6 is 0 Å². The van der Waals surface area contributed by atoms with Gasteiger partial charge in [-0.05, 0) is 29.2 Å². The molecular formula is C17H19N3O. The normalized spacial score (nSPS) is 10.8. The van der Waals surface area contributed by atoms with E-state index in [1.54, 1.807) is 12.3 Å². The van der Waals surface area contributed by atoms with E-state index in [0.717, 1.165) is 11.4 Å². The number of anilines is 1. The van der Waals surface area contributed by atoms with Crippen LogP contribution in [0.2, 0.25) is 0 Å². The summed E-state index contributed by atoms with van der Waals surface area (Å²) >= 11 is 0. The van der Waals surface area contributed by atoms with E-state index < -0.39 is 0 Å². The van der Waals surface area contributed by atoms with E-state index >= 15 is 0 Å². The fourth-order valence-corrected chi connectivity index (χ4v) is 1.83. The molecule has 0 aliphatic heterocycles. The first-order valence-corrected chi connectivity index (χ1v) is 6.84. The third kappa shape index (κ3) is 4.22. The molecule has 4 nitrogen and oxygen atoms in total. The quantitative estimate of drug-likeness (QED) is 0.857. The summed E-state index contributed by atoms with van der Waals surface area (Å²) in [6.07, 6.45) is 1.65. The monoisotopic (exact) mass is 281 g/mol. The van der Waals surface area contributed by atoms with E-state index in [0.29, 0.717) is 5.88 Å². The lowest BCUT2D eigenvalue weighted by molar-refractivity contribution is 0.462. The number of nitriles is 1. The highest BCUT2D eigenvalue weighted by Crippen LogP contribution is 2.26. The second-order valence-electron chi connectivity index (χ2n) is 5.77. The van der Waals surface area contributed by atoms with Crippen LogP contribution in [0.25, 0.3) is 0 Å². The Hall–Kier alpha value is -2.54. The van der Waals surface area contributed by atoms with Crippen LogP contribution in [0.3, 0.4) is 0 Å². The Morgan fingerprint density at radius 1 is 1.14 bits per heavy atom. The van der Waals surface area contributed by atoms with Gasteiger partial charge in [0.2, 0.25) is 5.88 Å². The SMILES string of the molecule is CC(C)(C)c1ccc(Oc2ccc(NCC#N)cn2)cc1. The van der Waals surface area contributed by atoms with Crippen molar-refractivity contribution in [2.45, 2.75) is 26.2 Å². The summed E-state index contributed by atoms with van der Waals surface area (Å²) in [4.78, 5) is 4.20. The molecule has 0 aliphatic carbocycles. The number of benzene rings is 1. The van der Waals surface area contributed by atoms with Crippen molar-refractivity contribution in [3.05, 3.63) is 48.2 Å². The molecule has 0 saturated heterocycles. The predicted molar refractivity (Wildman–Crippen MR) is 83.6 cm³/mol. The minimum atomic E-state index is 0.130. The van der Waals surface area contributed by atoms with Gasteiger partial charge in [0.25, 0.3) is 0 Å². The minimum absolute atomic E-state index is 0.130. The number of pyridine rings is 1. The molecule has 1 N–H and O–H groups in total. The second-order valence-corrected chi connectivity index (χ2v) is 5.77. The molecule has 2 aromatic rings. The first kappa shape index (κ1) is 14.9. The molecule has 0 fully saturated rings. The molecule has 21 heavy (non-hydrogen) atoms. The number of nitrogens with zero attached hydrogens (tertiary/aromatic N) is 2.